The summed E-state index contributed by atoms with van der Waals surface area (Å²) >= 11 is 8.54. The molecule has 2 rings (SSSR count). The second kappa shape index (κ2) is 6.39. The van der Waals surface area contributed by atoms with Crippen molar-refractivity contribution in [3.63, 3.8) is 0 Å². The lowest BCUT2D eigenvalue weighted by atomic mass is 10.2. The molecule has 0 atom stereocenters. The Morgan fingerprint density at radius 1 is 0.739 bits per heavy atom. The molecule has 2 aromatic carbocycles. The monoisotopic (exact) mass is 389 g/mol. The molecular formula is C14H15NO4S4. The van der Waals surface area contributed by atoms with Crippen molar-refractivity contribution in [1.29, 1.82) is 0 Å². The van der Waals surface area contributed by atoms with Gasteiger partial charge >= 0.3 is 0 Å². The minimum Gasteiger partial charge on any atom is -0.352 e. The molecule has 0 aliphatic heterocycles. The third kappa shape index (κ3) is 4.03. The molecule has 1 N–H and O–H groups in total. The van der Waals surface area contributed by atoms with Gasteiger partial charge in [-0.2, -0.15) is 0 Å². The molecule has 0 saturated heterocycles. The molecule has 0 aliphatic rings. The number of hydrogen-bond acceptors (Lipinski definition) is 7. The van der Waals surface area contributed by atoms with Gasteiger partial charge in [-0.05, 0) is 24.3 Å². The molecule has 124 valence electrons. The molecule has 0 unspecified atom stereocenters. The highest BCUT2D eigenvalue weighted by molar-refractivity contribution is 7.91. The zero-order valence-corrected chi connectivity index (χ0v) is 15.7. The number of anilines is 2. The molecule has 0 spiro atoms. The zero-order chi connectivity index (χ0) is 17.4. The minimum absolute atomic E-state index is 0.0287. The van der Waals surface area contributed by atoms with Crippen LogP contribution in [-0.2, 0) is 19.7 Å². The Kier molecular flexibility index (Phi) is 5.05. The second-order valence-electron chi connectivity index (χ2n) is 4.97. The average molecular weight is 390 g/mol. The van der Waals surface area contributed by atoms with Crippen LogP contribution in [0.3, 0.4) is 0 Å². The predicted octanol–water partition coefficient (Wildman–Crippen LogP) is 2.81. The van der Waals surface area contributed by atoms with E-state index in [1.807, 2.05) is 0 Å². The summed E-state index contributed by atoms with van der Waals surface area (Å²) in [6.07, 6.45) is 2.15. The molecule has 0 fully saturated rings. The molecule has 0 saturated carbocycles. The van der Waals surface area contributed by atoms with E-state index in [1.54, 1.807) is 24.3 Å². The Morgan fingerprint density at radius 2 is 1.09 bits per heavy atom. The van der Waals surface area contributed by atoms with Crippen LogP contribution in [0.2, 0.25) is 0 Å². The number of thiol groups is 2. The summed E-state index contributed by atoms with van der Waals surface area (Å²) in [5.41, 5.74) is 0.425. The smallest absolute Gasteiger partial charge is 0.177 e. The van der Waals surface area contributed by atoms with E-state index in [2.05, 4.69) is 30.6 Å². The quantitative estimate of drug-likeness (QED) is 0.701. The maximum absolute atomic E-state index is 12.0. The van der Waals surface area contributed by atoms with Crippen molar-refractivity contribution in [3.05, 3.63) is 36.4 Å². The number of benzene rings is 2. The lowest BCUT2D eigenvalue weighted by Crippen LogP contribution is -2.07. The Labute approximate surface area is 146 Å². The number of sulfone groups is 2. The number of para-hydroxylation sites is 2. The van der Waals surface area contributed by atoms with Gasteiger partial charge in [0.05, 0.1) is 21.2 Å². The molecule has 2 aromatic rings. The Bertz CT molecular complexity index is 887. The van der Waals surface area contributed by atoms with Crippen LogP contribution in [0.15, 0.2) is 56.0 Å². The van der Waals surface area contributed by atoms with Gasteiger partial charge in [-0.3, -0.25) is 0 Å². The van der Waals surface area contributed by atoms with Gasteiger partial charge in [0.15, 0.2) is 19.7 Å². The fourth-order valence-electron chi connectivity index (χ4n) is 2.03. The molecule has 9 heteroatoms. The Hall–Kier alpha value is -1.16. The maximum atomic E-state index is 12.0. The van der Waals surface area contributed by atoms with Crippen molar-refractivity contribution in [3.8, 4) is 0 Å². The Morgan fingerprint density at radius 3 is 1.39 bits per heavy atom. The van der Waals surface area contributed by atoms with E-state index in [-0.39, 0.29) is 21.2 Å². The normalized spacial score (nSPS) is 12.2. The largest absolute Gasteiger partial charge is 0.352 e. The van der Waals surface area contributed by atoms with Crippen molar-refractivity contribution >= 4 is 56.3 Å². The van der Waals surface area contributed by atoms with E-state index in [0.717, 1.165) is 12.5 Å². The van der Waals surface area contributed by atoms with E-state index in [1.165, 1.54) is 12.1 Å². The van der Waals surface area contributed by atoms with Crippen LogP contribution < -0.4 is 5.32 Å². The summed E-state index contributed by atoms with van der Waals surface area (Å²) in [5, 5.41) is 2.88. The number of nitrogens with one attached hydrogen (secondary N) is 1. The van der Waals surface area contributed by atoms with Crippen LogP contribution in [0.25, 0.3) is 0 Å². The van der Waals surface area contributed by atoms with Crippen molar-refractivity contribution in [1.82, 2.24) is 0 Å². The van der Waals surface area contributed by atoms with Crippen LogP contribution in [0.5, 0.6) is 0 Å². The first kappa shape index (κ1) is 18.2. The van der Waals surface area contributed by atoms with Gasteiger partial charge in [-0.15, -0.1) is 25.3 Å². The third-order valence-corrected chi connectivity index (χ3v) is 6.08. The molecule has 5 nitrogen and oxygen atoms in total. The SMILES string of the molecule is CS(=O)(=O)c1cccc(S)c1Nc1c(S)cccc1S(C)(=O)=O. The number of rotatable bonds is 4. The average Bonchev–Trinajstić information content (AvgIpc) is 2.40. The van der Waals surface area contributed by atoms with Gasteiger partial charge in [-0.25, -0.2) is 16.8 Å². The summed E-state index contributed by atoms with van der Waals surface area (Å²) in [5.74, 6) is 0. The fraction of sp³-hybridized carbons (Fsp3) is 0.143. The first-order chi connectivity index (χ1) is 10.5. The van der Waals surface area contributed by atoms with E-state index < -0.39 is 19.7 Å². The van der Waals surface area contributed by atoms with Crippen molar-refractivity contribution in [2.45, 2.75) is 19.6 Å². The Balaban J connectivity index is 2.72. The first-order valence-electron chi connectivity index (χ1n) is 6.33. The topological polar surface area (TPSA) is 80.3 Å². The molecule has 0 heterocycles. The van der Waals surface area contributed by atoms with E-state index in [0.29, 0.717) is 9.79 Å². The van der Waals surface area contributed by atoms with Gasteiger partial charge in [0.1, 0.15) is 0 Å². The highest BCUT2D eigenvalue weighted by Gasteiger charge is 2.20. The molecular weight excluding hydrogens is 374 g/mol. The van der Waals surface area contributed by atoms with E-state index in [4.69, 9.17) is 0 Å². The van der Waals surface area contributed by atoms with Gasteiger partial charge < -0.3 is 5.32 Å². The van der Waals surface area contributed by atoms with Crippen LogP contribution in [0, 0.1) is 0 Å². The van der Waals surface area contributed by atoms with Crippen LogP contribution in [-0.4, -0.2) is 29.3 Å². The maximum Gasteiger partial charge on any atom is 0.177 e. The summed E-state index contributed by atoms with van der Waals surface area (Å²) in [4.78, 5) is 0.815. The second-order valence-corrected chi connectivity index (χ2v) is 9.90. The van der Waals surface area contributed by atoms with E-state index in [9.17, 15) is 16.8 Å². The lowest BCUT2D eigenvalue weighted by molar-refractivity contribution is 0.600. The van der Waals surface area contributed by atoms with E-state index >= 15 is 0 Å². The fourth-order valence-corrected chi connectivity index (χ4v) is 4.42. The van der Waals surface area contributed by atoms with Gasteiger partial charge in [0, 0.05) is 22.3 Å². The van der Waals surface area contributed by atoms with Crippen LogP contribution in [0.4, 0.5) is 11.4 Å². The summed E-state index contributed by atoms with van der Waals surface area (Å²) in [6.45, 7) is 0. The minimum atomic E-state index is -3.52. The summed E-state index contributed by atoms with van der Waals surface area (Å²) in [7, 11) is -7.05. The molecule has 0 aromatic heterocycles. The predicted molar refractivity (Wildman–Crippen MR) is 96.9 cm³/mol. The standard InChI is InChI=1S/C14H15NO4S4/c1-22(16,17)11-7-3-5-9(20)13(11)15-14-10(21)6-4-8-12(14)23(2,18)19/h3-8,15,20-21H,1-2H3. The first-order valence-corrected chi connectivity index (χ1v) is 11.0. The van der Waals surface area contributed by atoms with Crippen LogP contribution in [0.1, 0.15) is 0 Å². The van der Waals surface area contributed by atoms with Crippen molar-refractivity contribution in [2.24, 2.45) is 0 Å². The highest BCUT2D eigenvalue weighted by Crippen LogP contribution is 2.36. The van der Waals surface area contributed by atoms with Crippen molar-refractivity contribution < 1.29 is 16.8 Å². The summed E-state index contributed by atoms with van der Waals surface area (Å²) < 4.78 is 47.8. The summed E-state index contributed by atoms with van der Waals surface area (Å²) in [6, 6.07) is 9.21. The van der Waals surface area contributed by atoms with Gasteiger partial charge in [0.2, 0.25) is 0 Å². The number of hydrogen-bond donors (Lipinski definition) is 3. The molecule has 0 aliphatic carbocycles. The zero-order valence-electron chi connectivity index (χ0n) is 12.3. The lowest BCUT2D eigenvalue weighted by Gasteiger charge is -2.17. The van der Waals surface area contributed by atoms with Crippen LogP contribution >= 0.6 is 25.3 Å². The van der Waals surface area contributed by atoms with Crippen molar-refractivity contribution in [2.75, 3.05) is 17.8 Å². The molecule has 0 bridgehead atoms. The molecule has 0 radical (unpaired) electrons. The molecule has 23 heavy (non-hydrogen) atoms. The third-order valence-electron chi connectivity index (χ3n) is 3.06. The van der Waals surface area contributed by atoms with Gasteiger partial charge in [-0.1, -0.05) is 12.1 Å². The van der Waals surface area contributed by atoms with Gasteiger partial charge in [0.25, 0.3) is 0 Å². The highest BCUT2D eigenvalue weighted by atomic mass is 32.2. The molecule has 0 amide bonds.